The van der Waals surface area contributed by atoms with Gasteiger partial charge in [-0.25, -0.2) is 13.1 Å². The van der Waals surface area contributed by atoms with E-state index >= 15 is 0 Å². The van der Waals surface area contributed by atoms with Gasteiger partial charge in [0, 0.05) is 0 Å². The zero-order valence-corrected chi connectivity index (χ0v) is 13.3. The highest BCUT2D eigenvalue weighted by molar-refractivity contribution is 7.88. The van der Waals surface area contributed by atoms with Gasteiger partial charge in [-0.3, -0.25) is 0 Å². The third-order valence-corrected chi connectivity index (χ3v) is 4.39. The third kappa shape index (κ3) is 3.48. The largest absolute Gasteiger partial charge is 0.493 e. The lowest BCUT2D eigenvalue weighted by Gasteiger charge is -2.22. The van der Waals surface area contributed by atoms with E-state index in [0.29, 0.717) is 0 Å². The van der Waals surface area contributed by atoms with Crippen LogP contribution in [0.1, 0.15) is 29.2 Å². The number of sulfonamides is 1. The minimum Gasteiger partial charge on any atom is -0.493 e. The molecule has 0 radical (unpaired) electrons. The number of nitrogens with one attached hydrogen (secondary N) is 1. The summed E-state index contributed by atoms with van der Waals surface area (Å²) in [5, 5.41) is 0. The fourth-order valence-electron chi connectivity index (χ4n) is 2.75. The Morgan fingerprint density at radius 3 is 2.59 bits per heavy atom. The number of aryl methyl sites for hydroxylation is 1. The van der Waals surface area contributed by atoms with Crippen molar-refractivity contribution in [3.05, 3.63) is 65.2 Å². The Kier molecular flexibility index (Phi) is 4.18. The van der Waals surface area contributed by atoms with E-state index in [0.717, 1.165) is 41.9 Å². The molecule has 1 aliphatic heterocycles. The molecule has 1 atom stereocenters. The molecule has 116 valence electrons. The Morgan fingerprint density at radius 2 is 1.86 bits per heavy atom. The highest BCUT2D eigenvalue weighted by atomic mass is 32.2. The normalized spacial score (nSPS) is 15.7. The van der Waals surface area contributed by atoms with Gasteiger partial charge in [0.2, 0.25) is 10.0 Å². The minimum absolute atomic E-state index is 0.386. The molecule has 0 bridgehead atoms. The number of fused-ring (bicyclic) bond motifs is 1. The minimum atomic E-state index is -3.32. The summed E-state index contributed by atoms with van der Waals surface area (Å²) in [7, 11) is -3.32. The third-order valence-electron chi connectivity index (χ3n) is 3.73. The summed E-state index contributed by atoms with van der Waals surface area (Å²) in [5.74, 6) is 0.904. The fourth-order valence-corrected chi connectivity index (χ4v) is 3.45. The highest BCUT2D eigenvalue weighted by Crippen LogP contribution is 2.30. The molecule has 0 saturated carbocycles. The topological polar surface area (TPSA) is 55.4 Å². The zero-order chi connectivity index (χ0) is 15.6. The van der Waals surface area contributed by atoms with E-state index in [1.165, 1.54) is 6.26 Å². The molecule has 0 amide bonds. The van der Waals surface area contributed by atoms with E-state index in [1.807, 2.05) is 48.5 Å². The summed E-state index contributed by atoms with van der Waals surface area (Å²) in [6.07, 6.45) is 3.14. The van der Waals surface area contributed by atoms with Crippen LogP contribution in [0.3, 0.4) is 0 Å². The van der Waals surface area contributed by atoms with Gasteiger partial charge in [0.15, 0.2) is 0 Å². The van der Waals surface area contributed by atoms with Gasteiger partial charge in [0.25, 0.3) is 0 Å². The lowest BCUT2D eigenvalue weighted by Crippen LogP contribution is -2.28. The van der Waals surface area contributed by atoms with Crippen LogP contribution in [0.5, 0.6) is 5.75 Å². The molecule has 0 unspecified atom stereocenters. The second-order valence-electron chi connectivity index (χ2n) is 5.55. The number of hydrogen-bond donors (Lipinski definition) is 1. The first-order chi connectivity index (χ1) is 10.5. The Bertz CT molecular complexity index is 757. The van der Waals surface area contributed by atoms with Crippen LogP contribution in [-0.2, 0) is 16.4 Å². The zero-order valence-electron chi connectivity index (χ0n) is 12.5. The number of ether oxygens (including phenoxy) is 1. The van der Waals surface area contributed by atoms with Crippen molar-refractivity contribution < 1.29 is 13.2 Å². The van der Waals surface area contributed by atoms with Crippen molar-refractivity contribution in [3.8, 4) is 5.75 Å². The van der Waals surface area contributed by atoms with Gasteiger partial charge >= 0.3 is 0 Å². The van der Waals surface area contributed by atoms with Crippen LogP contribution in [0.25, 0.3) is 0 Å². The SMILES string of the molecule is CS(=O)(=O)N[C@H](c1ccccc1)c1ccc2c(c1)CCCO2. The van der Waals surface area contributed by atoms with E-state index in [4.69, 9.17) is 4.74 Å². The standard InChI is InChI=1S/C17H19NO3S/c1-22(19,20)18-17(13-6-3-2-4-7-13)15-9-10-16-14(12-15)8-5-11-21-16/h2-4,6-7,9-10,12,17-18H,5,8,11H2,1H3/t17-/m1/s1. The van der Waals surface area contributed by atoms with E-state index < -0.39 is 10.0 Å². The molecule has 0 aliphatic carbocycles. The molecule has 1 aliphatic rings. The fraction of sp³-hybridized carbons (Fsp3) is 0.294. The van der Waals surface area contributed by atoms with Crippen LogP contribution in [0.4, 0.5) is 0 Å². The lowest BCUT2D eigenvalue weighted by atomic mass is 9.95. The van der Waals surface area contributed by atoms with E-state index in [1.54, 1.807) is 0 Å². The second-order valence-corrected chi connectivity index (χ2v) is 7.33. The van der Waals surface area contributed by atoms with Gasteiger partial charge in [-0.2, -0.15) is 0 Å². The number of hydrogen-bond acceptors (Lipinski definition) is 3. The van der Waals surface area contributed by atoms with Crippen molar-refractivity contribution in [2.24, 2.45) is 0 Å². The first kappa shape index (κ1) is 15.1. The van der Waals surface area contributed by atoms with Gasteiger partial charge in [-0.05, 0) is 35.6 Å². The summed E-state index contributed by atoms with van der Waals surface area (Å²) in [6.45, 7) is 0.746. The highest BCUT2D eigenvalue weighted by Gasteiger charge is 2.20. The molecule has 1 N–H and O–H groups in total. The quantitative estimate of drug-likeness (QED) is 0.943. The van der Waals surface area contributed by atoms with Gasteiger partial charge < -0.3 is 4.74 Å². The molecule has 5 heteroatoms. The van der Waals surface area contributed by atoms with E-state index in [9.17, 15) is 8.42 Å². The van der Waals surface area contributed by atoms with E-state index in [-0.39, 0.29) is 6.04 Å². The molecular formula is C17H19NO3S. The smallest absolute Gasteiger partial charge is 0.209 e. The van der Waals surface area contributed by atoms with Gasteiger partial charge in [0.1, 0.15) is 5.75 Å². The maximum atomic E-state index is 11.7. The van der Waals surface area contributed by atoms with Crippen LogP contribution >= 0.6 is 0 Å². The predicted octanol–water partition coefficient (Wildman–Crippen LogP) is 2.65. The lowest BCUT2D eigenvalue weighted by molar-refractivity contribution is 0.288. The predicted molar refractivity (Wildman–Crippen MR) is 86.5 cm³/mol. The van der Waals surface area contributed by atoms with Crippen LogP contribution in [-0.4, -0.2) is 21.3 Å². The molecule has 0 saturated heterocycles. The molecule has 0 aromatic heterocycles. The molecule has 1 heterocycles. The Morgan fingerprint density at radius 1 is 1.09 bits per heavy atom. The van der Waals surface area contributed by atoms with Crippen LogP contribution in [0.15, 0.2) is 48.5 Å². The maximum absolute atomic E-state index is 11.7. The molecule has 3 rings (SSSR count). The van der Waals surface area contributed by atoms with Crippen molar-refractivity contribution in [1.29, 1.82) is 0 Å². The van der Waals surface area contributed by atoms with Crippen molar-refractivity contribution in [3.63, 3.8) is 0 Å². The summed E-state index contributed by atoms with van der Waals surface area (Å²) < 4.78 is 31.8. The Balaban J connectivity index is 2.02. The molecule has 2 aromatic carbocycles. The Hall–Kier alpha value is -1.85. The Labute approximate surface area is 131 Å². The summed E-state index contributed by atoms with van der Waals surface area (Å²) in [5.41, 5.74) is 2.99. The molecule has 0 spiro atoms. The number of benzene rings is 2. The first-order valence-electron chi connectivity index (χ1n) is 7.31. The average molecular weight is 317 g/mol. The average Bonchev–Trinajstić information content (AvgIpc) is 2.52. The molecule has 0 fully saturated rings. The van der Waals surface area contributed by atoms with Crippen LogP contribution < -0.4 is 9.46 Å². The van der Waals surface area contributed by atoms with Crippen molar-refractivity contribution in [2.45, 2.75) is 18.9 Å². The summed E-state index contributed by atoms with van der Waals surface area (Å²) in [4.78, 5) is 0. The van der Waals surface area contributed by atoms with Crippen LogP contribution in [0, 0.1) is 0 Å². The summed E-state index contributed by atoms with van der Waals surface area (Å²) in [6, 6.07) is 15.1. The maximum Gasteiger partial charge on any atom is 0.209 e. The molecule has 2 aromatic rings. The summed E-state index contributed by atoms with van der Waals surface area (Å²) >= 11 is 0. The van der Waals surface area contributed by atoms with E-state index in [2.05, 4.69) is 4.72 Å². The van der Waals surface area contributed by atoms with Crippen molar-refractivity contribution >= 4 is 10.0 Å². The van der Waals surface area contributed by atoms with Gasteiger partial charge in [-0.15, -0.1) is 0 Å². The van der Waals surface area contributed by atoms with Gasteiger partial charge in [0.05, 0.1) is 18.9 Å². The van der Waals surface area contributed by atoms with Crippen molar-refractivity contribution in [1.82, 2.24) is 4.72 Å². The molecule has 4 nitrogen and oxygen atoms in total. The second kappa shape index (κ2) is 6.10. The van der Waals surface area contributed by atoms with Crippen molar-refractivity contribution in [2.75, 3.05) is 12.9 Å². The van der Waals surface area contributed by atoms with Crippen LogP contribution in [0.2, 0.25) is 0 Å². The monoisotopic (exact) mass is 317 g/mol. The number of rotatable bonds is 4. The molecular weight excluding hydrogens is 298 g/mol. The first-order valence-corrected chi connectivity index (χ1v) is 9.20. The van der Waals surface area contributed by atoms with Gasteiger partial charge in [-0.1, -0.05) is 42.5 Å². The molecule has 22 heavy (non-hydrogen) atoms.